The minimum absolute atomic E-state index is 0.102. The van der Waals surface area contributed by atoms with E-state index in [4.69, 9.17) is 0 Å². The summed E-state index contributed by atoms with van der Waals surface area (Å²) >= 11 is 0. The standard InChI is InChI=1S/C23H22O3/c1-13-5-14(2)8-17(7-13)20-11-19(23(25)26)12-21(22(20)24)18-9-15(3)6-16(4)10-18/h5-12,24H,1-4H3,(H,25,26). The van der Waals surface area contributed by atoms with E-state index in [9.17, 15) is 15.0 Å². The molecule has 0 saturated carbocycles. The molecule has 0 aliphatic rings. The maximum atomic E-state index is 11.7. The highest BCUT2D eigenvalue weighted by atomic mass is 16.4. The second kappa shape index (κ2) is 6.68. The van der Waals surface area contributed by atoms with Crippen LogP contribution < -0.4 is 0 Å². The van der Waals surface area contributed by atoms with E-state index >= 15 is 0 Å². The number of benzene rings is 3. The van der Waals surface area contributed by atoms with Gasteiger partial charge in [-0.1, -0.05) is 58.7 Å². The molecule has 0 amide bonds. The van der Waals surface area contributed by atoms with Gasteiger partial charge >= 0.3 is 5.97 Å². The summed E-state index contributed by atoms with van der Waals surface area (Å²) in [6.45, 7) is 7.94. The SMILES string of the molecule is Cc1cc(C)cc(-c2cc(C(=O)O)cc(-c3cc(C)cc(C)c3)c2O)c1. The average molecular weight is 346 g/mol. The number of hydrogen-bond acceptors (Lipinski definition) is 2. The van der Waals surface area contributed by atoms with E-state index in [0.29, 0.717) is 11.1 Å². The third-order valence-electron chi connectivity index (χ3n) is 4.42. The van der Waals surface area contributed by atoms with Crippen molar-refractivity contribution in [3.8, 4) is 28.0 Å². The average Bonchev–Trinajstić information content (AvgIpc) is 2.52. The molecule has 26 heavy (non-hydrogen) atoms. The summed E-state index contributed by atoms with van der Waals surface area (Å²) in [4.78, 5) is 11.7. The maximum Gasteiger partial charge on any atom is 0.335 e. The number of aromatic hydroxyl groups is 1. The fourth-order valence-electron chi connectivity index (χ4n) is 3.46. The molecule has 0 aliphatic heterocycles. The Kier molecular flexibility index (Phi) is 4.56. The van der Waals surface area contributed by atoms with Crippen LogP contribution in [-0.2, 0) is 0 Å². The molecule has 3 rings (SSSR count). The molecule has 0 unspecified atom stereocenters. The summed E-state index contributed by atoms with van der Waals surface area (Å²) in [5, 5.41) is 20.5. The van der Waals surface area contributed by atoms with Crippen molar-refractivity contribution in [2.24, 2.45) is 0 Å². The lowest BCUT2D eigenvalue weighted by Crippen LogP contribution is -1.99. The molecule has 3 nitrogen and oxygen atoms in total. The van der Waals surface area contributed by atoms with Gasteiger partial charge in [0.15, 0.2) is 0 Å². The number of aromatic carboxylic acids is 1. The van der Waals surface area contributed by atoms with E-state index in [1.54, 1.807) is 0 Å². The first-order valence-corrected chi connectivity index (χ1v) is 8.52. The number of carboxylic acids is 1. The molecule has 0 heterocycles. The smallest absolute Gasteiger partial charge is 0.335 e. The van der Waals surface area contributed by atoms with Gasteiger partial charge in [0.1, 0.15) is 5.75 Å². The van der Waals surface area contributed by atoms with Crippen molar-refractivity contribution in [1.82, 2.24) is 0 Å². The number of phenols is 1. The Morgan fingerprint density at radius 3 is 1.31 bits per heavy atom. The van der Waals surface area contributed by atoms with E-state index < -0.39 is 5.97 Å². The van der Waals surface area contributed by atoms with Crippen LogP contribution in [0, 0.1) is 27.7 Å². The first-order valence-electron chi connectivity index (χ1n) is 8.52. The van der Waals surface area contributed by atoms with E-state index in [1.807, 2.05) is 64.1 Å². The molecule has 3 aromatic carbocycles. The number of phenolic OH excluding ortho intramolecular Hbond substituents is 1. The van der Waals surface area contributed by atoms with E-state index in [2.05, 4.69) is 0 Å². The highest BCUT2D eigenvalue weighted by Gasteiger charge is 2.17. The highest BCUT2D eigenvalue weighted by Crippen LogP contribution is 2.40. The quantitative estimate of drug-likeness (QED) is 0.643. The van der Waals surface area contributed by atoms with Gasteiger partial charge in [0.2, 0.25) is 0 Å². The van der Waals surface area contributed by atoms with Crippen molar-refractivity contribution >= 4 is 5.97 Å². The Morgan fingerprint density at radius 1 is 0.654 bits per heavy atom. The predicted molar refractivity (Wildman–Crippen MR) is 105 cm³/mol. The molecule has 0 fully saturated rings. The van der Waals surface area contributed by atoms with Crippen LogP contribution in [0.3, 0.4) is 0 Å². The van der Waals surface area contributed by atoms with Crippen molar-refractivity contribution in [3.63, 3.8) is 0 Å². The van der Waals surface area contributed by atoms with Gasteiger partial charge < -0.3 is 10.2 Å². The van der Waals surface area contributed by atoms with E-state index in [1.165, 1.54) is 12.1 Å². The molecule has 132 valence electrons. The van der Waals surface area contributed by atoms with Crippen LogP contribution in [0.5, 0.6) is 5.75 Å². The van der Waals surface area contributed by atoms with Crippen molar-refractivity contribution in [2.75, 3.05) is 0 Å². The van der Waals surface area contributed by atoms with Crippen LogP contribution in [0.2, 0.25) is 0 Å². The van der Waals surface area contributed by atoms with E-state index in [0.717, 1.165) is 33.4 Å². The summed E-state index contributed by atoms with van der Waals surface area (Å²) in [7, 11) is 0. The third kappa shape index (κ3) is 3.47. The fourth-order valence-corrected chi connectivity index (χ4v) is 3.46. The summed E-state index contributed by atoms with van der Waals surface area (Å²) in [6, 6.07) is 15.0. The number of aryl methyl sites for hydroxylation is 4. The minimum Gasteiger partial charge on any atom is -0.507 e. The number of hydrogen-bond donors (Lipinski definition) is 2. The van der Waals surface area contributed by atoms with Crippen molar-refractivity contribution in [3.05, 3.63) is 76.3 Å². The Balaban J connectivity index is 2.32. The largest absolute Gasteiger partial charge is 0.507 e. The lowest BCUT2D eigenvalue weighted by atomic mass is 9.92. The van der Waals surface area contributed by atoms with Crippen LogP contribution >= 0.6 is 0 Å². The van der Waals surface area contributed by atoms with Crippen LogP contribution in [0.15, 0.2) is 48.5 Å². The first-order chi connectivity index (χ1) is 12.2. The molecule has 0 aliphatic carbocycles. The van der Waals surface area contributed by atoms with Crippen LogP contribution in [-0.4, -0.2) is 16.2 Å². The molecule has 0 saturated heterocycles. The zero-order chi connectivity index (χ0) is 19.0. The normalized spacial score (nSPS) is 10.8. The molecule has 0 atom stereocenters. The summed E-state index contributed by atoms with van der Waals surface area (Å²) in [5.41, 5.74) is 7.10. The Labute approximate surface area is 153 Å². The molecule has 3 aromatic rings. The van der Waals surface area contributed by atoms with Crippen LogP contribution in [0.25, 0.3) is 22.3 Å². The number of rotatable bonds is 3. The molecule has 0 radical (unpaired) electrons. The van der Waals surface area contributed by atoms with Crippen molar-refractivity contribution in [1.29, 1.82) is 0 Å². The fraction of sp³-hybridized carbons (Fsp3) is 0.174. The summed E-state index contributed by atoms with van der Waals surface area (Å²) in [6.07, 6.45) is 0. The first kappa shape index (κ1) is 17.7. The second-order valence-corrected chi connectivity index (χ2v) is 6.98. The van der Waals surface area contributed by atoms with Crippen molar-refractivity contribution < 1.29 is 15.0 Å². The van der Waals surface area contributed by atoms with Gasteiger partial charge in [-0.15, -0.1) is 0 Å². The highest BCUT2D eigenvalue weighted by molar-refractivity contribution is 5.95. The lowest BCUT2D eigenvalue weighted by molar-refractivity contribution is 0.0697. The van der Waals surface area contributed by atoms with Gasteiger partial charge in [0.25, 0.3) is 0 Å². The molecule has 3 heteroatoms. The van der Waals surface area contributed by atoms with Gasteiger partial charge in [0.05, 0.1) is 5.56 Å². The molecule has 0 spiro atoms. The zero-order valence-corrected chi connectivity index (χ0v) is 15.4. The summed E-state index contributed by atoms with van der Waals surface area (Å²) < 4.78 is 0. The minimum atomic E-state index is -1.01. The predicted octanol–water partition coefficient (Wildman–Crippen LogP) is 5.66. The van der Waals surface area contributed by atoms with Gasteiger partial charge in [-0.25, -0.2) is 4.79 Å². The van der Waals surface area contributed by atoms with Crippen molar-refractivity contribution in [2.45, 2.75) is 27.7 Å². The molecule has 0 aromatic heterocycles. The van der Waals surface area contributed by atoms with E-state index in [-0.39, 0.29) is 11.3 Å². The number of carbonyl (C=O) groups is 1. The van der Waals surface area contributed by atoms with Gasteiger partial charge in [-0.3, -0.25) is 0 Å². The second-order valence-electron chi connectivity index (χ2n) is 6.98. The zero-order valence-electron chi connectivity index (χ0n) is 15.4. The molecular weight excluding hydrogens is 324 g/mol. The van der Waals surface area contributed by atoms with Gasteiger partial charge in [-0.05, 0) is 51.0 Å². The molecule has 0 bridgehead atoms. The molecular formula is C23H22O3. The molecule has 2 N–H and O–H groups in total. The van der Waals surface area contributed by atoms with Gasteiger partial charge in [-0.2, -0.15) is 0 Å². The lowest BCUT2D eigenvalue weighted by Gasteiger charge is -2.14. The Bertz CT molecular complexity index is 903. The maximum absolute atomic E-state index is 11.7. The summed E-state index contributed by atoms with van der Waals surface area (Å²) in [5.74, 6) is -0.911. The third-order valence-corrected chi connectivity index (χ3v) is 4.42. The monoisotopic (exact) mass is 346 g/mol. The Hall–Kier alpha value is -3.07. The van der Waals surface area contributed by atoms with Gasteiger partial charge in [0, 0.05) is 11.1 Å². The topological polar surface area (TPSA) is 57.5 Å². The van der Waals surface area contributed by atoms with Crippen LogP contribution in [0.4, 0.5) is 0 Å². The van der Waals surface area contributed by atoms with Crippen LogP contribution in [0.1, 0.15) is 32.6 Å². The number of carboxylic acid groups (broad SMARTS) is 1. The Morgan fingerprint density at radius 2 is 1.00 bits per heavy atom.